The van der Waals surface area contributed by atoms with Crippen LogP contribution in [-0.2, 0) is 21.1 Å². The fourth-order valence-corrected chi connectivity index (χ4v) is 0. The van der Waals surface area contributed by atoms with Crippen LogP contribution in [0.4, 0.5) is 0 Å². The summed E-state index contributed by atoms with van der Waals surface area (Å²) >= 11 is 0. The zero-order valence-electron chi connectivity index (χ0n) is 8.99. The average molecular weight is 261 g/mol. The minimum absolute atomic E-state index is 0. The van der Waals surface area contributed by atoms with Gasteiger partial charge in [-0.1, -0.05) is 0 Å². The molecule has 0 saturated carbocycles. The van der Waals surface area contributed by atoms with Crippen molar-refractivity contribution in [3.8, 4) is 0 Å². The Morgan fingerprint density at radius 1 is 0.615 bits per heavy atom. The Morgan fingerprint density at radius 2 is 0.692 bits per heavy atom. The molecule has 0 saturated heterocycles. The molecule has 0 aliphatic rings. The predicted molar refractivity (Wildman–Crippen MR) is 60.5 cm³/mol. The summed E-state index contributed by atoms with van der Waals surface area (Å²) in [5.74, 6) is 0. The van der Waals surface area contributed by atoms with Crippen molar-refractivity contribution >= 4 is 0 Å². The summed E-state index contributed by atoms with van der Waals surface area (Å²) in [5.41, 5.74) is 0. The Hall–Kier alpha value is -0.482. The van der Waals surface area contributed by atoms with Crippen molar-refractivity contribution in [1.82, 2.24) is 0 Å². The van der Waals surface area contributed by atoms with Crippen molar-refractivity contribution in [2.75, 3.05) is 0 Å². The van der Waals surface area contributed by atoms with Crippen LogP contribution in [0, 0.1) is 20.8 Å². The second-order valence-corrected chi connectivity index (χ2v) is 1.71. The van der Waals surface area contributed by atoms with Crippen LogP contribution in [0.3, 0.4) is 0 Å². The summed E-state index contributed by atoms with van der Waals surface area (Å²) in [6.45, 7) is 16.1. The molecule has 0 bridgehead atoms. The Balaban J connectivity index is -0.0000000450. The first-order valence-corrected chi connectivity index (χ1v) is 3.96. The van der Waals surface area contributed by atoms with E-state index in [0.717, 1.165) is 0 Å². The quantitative estimate of drug-likeness (QED) is 0.453. The molecule has 75 valence electrons. The molecule has 0 aliphatic carbocycles. The molecule has 0 atom stereocenters. The summed E-state index contributed by atoms with van der Waals surface area (Å²) in [6.07, 6.45) is 10.9. The molecule has 0 aliphatic heterocycles. The molecule has 0 N–H and O–H groups in total. The van der Waals surface area contributed by atoms with Crippen LogP contribution in [0.15, 0.2) is 36.5 Å². The molecule has 0 spiro atoms. The molecule has 0 aromatic heterocycles. The standard InChI is InChI=1S/3C4H7.Mo/c3*1-3-4-2;/h3*3-4H,1H2,2H3;/q3*-1;+3. The van der Waals surface area contributed by atoms with E-state index in [4.69, 9.17) is 0 Å². The summed E-state index contributed by atoms with van der Waals surface area (Å²) < 4.78 is 0. The van der Waals surface area contributed by atoms with Crippen LogP contribution in [0.25, 0.3) is 0 Å². The van der Waals surface area contributed by atoms with Gasteiger partial charge in [-0.2, -0.15) is 0 Å². The van der Waals surface area contributed by atoms with E-state index in [1.165, 1.54) is 0 Å². The molecular formula is C12H21Mo. The fraction of sp³-hybridized carbons (Fsp3) is 0.250. The van der Waals surface area contributed by atoms with Gasteiger partial charge in [-0.15, -0.1) is 20.8 Å². The van der Waals surface area contributed by atoms with Crippen molar-refractivity contribution < 1.29 is 21.1 Å². The van der Waals surface area contributed by atoms with Gasteiger partial charge in [-0.05, 0) is 0 Å². The molecule has 0 nitrogen and oxygen atoms in total. The van der Waals surface area contributed by atoms with Crippen molar-refractivity contribution in [2.45, 2.75) is 20.8 Å². The third-order valence-electron chi connectivity index (χ3n) is 0.707. The van der Waals surface area contributed by atoms with Gasteiger partial charge < -0.3 is 0 Å². The summed E-state index contributed by atoms with van der Waals surface area (Å²) in [4.78, 5) is 0. The van der Waals surface area contributed by atoms with Gasteiger partial charge in [-0.3, -0.25) is 0 Å². The molecule has 13 heavy (non-hydrogen) atoms. The van der Waals surface area contributed by atoms with Crippen molar-refractivity contribution in [3.63, 3.8) is 0 Å². The Kier molecular flexibility index (Phi) is 73.7. The Labute approximate surface area is 99.1 Å². The van der Waals surface area contributed by atoms with Crippen molar-refractivity contribution in [3.05, 3.63) is 57.2 Å². The number of hydrogen-bond acceptors (Lipinski definition) is 0. The molecule has 0 amide bonds. The van der Waals surface area contributed by atoms with E-state index in [1.54, 1.807) is 18.2 Å². The first-order valence-electron chi connectivity index (χ1n) is 3.96. The maximum absolute atomic E-state index is 3.42. The zero-order chi connectivity index (χ0) is 10.2. The maximum Gasteiger partial charge on any atom is 3.00 e. The van der Waals surface area contributed by atoms with Crippen LogP contribution in [-0.4, -0.2) is 0 Å². The summed E-state index contributed by atoms with van der Waals surface area (Å²) in [5, 5.41) is 0. The van der Waals surface area contributed by atoms with E-state index in [2.05, 4.69) is 20.8 Å². The predicted octanol–water partition coefficient (Wildman–Crippen LogP) is 4.19. The van der Waals surface area contributed by atoms with Gasteiger partial charge in [0.15, 0.2) is 0 Å². The molecule has 0 rings (SSSR count). The minimum Gasteiger partial charge on any atom is -0.245 e. The van der Waals surface area contributed by atoms with E-state index < -0.39 is 0 Å². The monoisotopic (exact) mass is 263 g/mol. The summed E-state index contributed by atoms with van der Waals surface area (Å²) in [6, 6.07) is 0. The number of allylic oxidation sites excluding steroid dienone is 6. The van der Waals surface area contributed by atoms with Gasteiger partial charge in [0.25, 0.3) is 0 Å². The number of rotatable bonds is 0. The van der Waals surface area contributed by atoms with Gasteiger partial charge in [0.05, 0.1) is 0 Å². The first-order chi connectivity index (χ1) is 5.74. The molecule has 0 aromatic rings. The average Bonchev–Trinajstić information content (AvgIpc) is 2.18. The third kappa shape index (κ3) is 165. The Bertz CT molecular complexity index is 74.5. The molecule has 1 heteroatoms. The van der Waals surface area contributed by atoms with Crippen molar-refractivity contribution in [1.29, 1.82) is 0 Å². The second kappa shape index (κ2) is 41.8. The molecule has 0 heterocycles. The molecule has 1 radical (unpaired) electrons. The van der Waals surface area contributed by atoms with Crippen LogP contribution < -0.4 is 0 Å². The normalized spacial score (nSPS) is 8.54. The van der Waals surface area contributed by atoms with E-state index in [9.17, 15) is 0 Å². The minimum atomic E-state index is 0. The van der Waals surface area contributed by atoms with E-state index in [0.29, 0.717) is 0 Å². The van der Waals surface area contributed by atoms with Crippen LogP contribution in [0.5, 0.6) is 0 Å². The van der Waals surface area contributed by atoms with E-state index in [-0.39, 0.29) is 21.1 Å². The number of hydrogen-bond donors (Lipinski definition) is 0. The van der Waals surface area contributed by atoms with Gasteiger partial charge in [0, 0.05) is 0 Å². The van der Waals surface area contributed by atoms with Gasteiger partial charge >= 0.3 is 21.1 Å². The van der Waals surface area contributed by atoms with Gasteiger partial charge in [0.2, 0.25) is 0 Å². The molecule has 0 aromatic carbocycles. The molecule has 0 fully saturated rings. The van der Waals surface area contributed by atoms with E-state index in [1.807, 2.05) is 39.0 Å². The van der Waals surface area contributed by atoms with Gasteiger partial charge in [-0.25, -0.2) is 57.2 Å². The van der Waals surface area contributed by atoms with E-state index >= 15 is 0 Å². The third-order valence-corrected chi connectivity index (χ3v) is 0.707. The topological polar surface area (TPSA) is 0 Å². The fourth-order valence-electron chi connectivity index (χ4n) is 0. The second-order valence-electron chi connectivity index (χ2n) is 1.71. The van der Waals surface area contributed by atoms with Gasteiger partial charge in [0.1, 0.15) is 0 Å². The van der Waals surface area contributed by atoms with Crippen molar-refractivity contribution in [2.24, 2.45) is 0 Å². The smallest absolute Gasteiger partial charge is 0.245 e. The summed E-state index contributed by atoms with van der Waals surface area (Å²) in [7, 11) is 0. The maximum atomic E-state index is 3.42. The first kappa shape index (κ1) is 22.9. The Morgan fingerprint density at radius 3 is 0.692 bits per heavy atom. The van der Waals surface area contributed by atoms with Crippen LogP contribution >= 0.6 is 0 Å². The largest absolute Gasteiger partial charge is 3.00 e. The SMILES string of the molecule is [CH2-]C=CC.[CH2-]C=CC.[CH2-]C=CC.[Mo+3]. The molecular weight excluding hydrogens is 240 g/mol. The molecule has 0 unspecified atom stereocenters. The van der Waals surface area contributed by atoms with Crippen LogP contribution in [0.1, 0.15) is 20.8 Å². The zero-order valence-corrected chi connectivity index (χ0v) is 11.0. The van der Waals surface area contributed by atoms with Crippen LogP contribution in [0.2, 0.25) is 0 Å².